The molecule has 0 bridgehead atoms. The van der Waals surface area contributed by atoms with Crippen LogP contribution in [0, 0.1) is 0 Å². The zero-order valence-corrected chi connectivity index (χ0v) is 11.3. The molecule has 98 valence electrons. The third kappa shape index (κ3) is 12.2. The Balaban J connectivity index is 3.28. The second-order valence-electron chi connectivity index (χ2n) is 4.32. The molecule has 0 aliphatic rings. The quantitative estimate of drug-likeness (QED) is 0.460. The highest BCUT2D eigenvalue weighted by Gasteiger charge is 2.18. The summed E-state index contributed by atoms with van der Waals surface area (Å²) in [6.45, 7) is 3.90. The van der Waals surface area contributed by atoms with Crippen LogP contribution in [0.1, 0.15) is 65.2 Å². The summed E-state index contributed by atoms with van der Waals surface area (Å²) in [6, 6.07) is 0. The molecule has 2 N–H and O–H groups in total. The normalized spacial score (nSPS) is 14.0. The molecule has 0 saturated heterocycles. The fourth-order valence-corrected chi connectivity index (χ4v) is 2.25. The Bertz CT molecular complexity index is 202. The van der Waals surface area contributed by atoms with E-state index in [0.29, 0.717) is 0 Å². The van der Waals surface area contributed by atoms with Gasteiger partial charge in [0.15, 0.2) is 0 Å². The van der Waals surface area contributed by atoms with E-state index in [4.69, 9.17) is 9.79 Å². The first kappa shape index (κ1) is 16.1. The molecule has 0 rings (SSSR count). The molecule has 0 aliphatic carbocycles. The average Bonchev–Trinajstić information content (AvgIpc) is 2.13. The zero-order chi connectivity index (χ0) is 12.4. The van der Waals surface area contributed by atoms with Gasteiger partial charge in [-0.15, -0.1) is 0 Å². The van der Waals surface area contributed by atoms with E-state index < -0.39 is 7.82 Å². The predicted molar refractivity (Wildman–Crippen MR) is 65.2 cm³/mol. The van der Waals surface area contributed by atoms with Crippen molar-refractivity contribution >= 4 is 7.82 Å². The second kappa shape index (κ2) is 9.17. The zero-order valence-electron chi connectivity index (χ0n) is 10.4. The van der Waals surface area contributed by atoms with Crippen molar-refractivity contribution in [1.82, 2.24) is 0 Å². The third-order valence-corrected chi connectivity index (χ3v) is 3.17. The fourth-order valence-electron chi connectivity index (χ4n) is 1.68. The Labute approximate surface area is 98.6 Å². The molecule has 0 saturated carbocycles. The van der Waals surface area contributed by atoms with E-state index in [1.807, 2.05) is 0 Å². The Kier molecular flexibility index (Phi) is 9.24. The average molecular weight is 252 g/mol. The van der Waals surface area contributed by atoms with E-state index >= 15 is 0 Å². The number of rotatable bonds is 10. The lowest BCUT2D eigenvalue weighted by molar-refractivity contribution is 0.136. The maximum Gasteiger partial charge on any atom is 0.469 e. The number of phosphoric ester groups is 1. The summed E-state index contributed by atoms with van der Waals surface area (Å²) in [5, 5.41) is 0. The van der Waals surface area contributed by atoms with Crippen molar-refractivity contribution in [3.05, 3.63) is 0 Å². The first-order valence-corrected chi connectivity index (χ1v) is 7.72. The van der Waals surface area contributed by atoms with Crippen LogP contribution in [0.3, 0.4) is 0 Å². The van der Waals surface area contributed by atoms with Crippen LogP contribution in [0.15, 0.2) is 0 Å². The van der Waals surface area contributed by atoms with Gasteiger partial charge in [-0.3, -0.25) is 4.52 Å². The summed E-state index contributed by atoms with van der Waals surface area (Å²) in [5.41, 5.74) is 0. The van der Waals surface area contributed by atoms with Crippen LogP contribution in [0.4, 0.5) is 0 Å². The lowest BCUT2D eigenvalue weighted by Crippen LogP contribution is -2.05. The summed E-state index contributed by atoms with van der Waals surface area (Å²) in [5.74, 6) is 0. The molecule has 0 aliphatic heterocycles. The van der Waals surface area contributed by atoms with Crippen LogP contribution in [-0.2, 0) is 9.09 Å². The maximum atomic E-state index is 10.5. The molecule has 1 atom stereocenters. The molecule has 0 spiro atoms. The number of unbranched alkanes of at least 4 members (excludes halogenated alkanes) is 6. The lowest BCUT2D eigenvalue weighted by atomic mass is 10.1. The molecular formula is C11H25O4P. The van der Waals surface area contributed by atoms with Crippen LogP contribution in [0.5, 0.6) is 0 Å². The van der Waals surface area contributed by atoms with E-state index in [1.165, 1.54) is 32.1 Å². The Morgan fingerprint density at radius 1 is 1.06 bits per heavy atom. The minimum Gasteiger partial charge on any atom is -0.303 e. The topological polar surface area (TPSA) is 66.8 Å². The molecule has 0 aromatic rings. The molecule has 1 unspecified atom stereocenters. The summed E-state index contributed by atoms with van der Waals surface area (Å²) < 4.78 is 15.1. The summed E-state index contributed by atoms with van der Waals surface area (Å²) in [6.07, 6.45) is 8.81. The summed E-state index contributed by atoms with van der Waals surface area (Å²) >= 11 is 0. The molecule has 0 heterocycles. The summed E-state index contributed by atoms with van der Waals surface area (Å²) in [7, 11) is -4.29. The minimum absolute atomic E-state index is 0.350. The first-order chi connectivity index (χ1) is 7.45. The molecule has 4 nitrogen and oxygen atoms in total. The standard InChI is InChI=1S/C11H25O4P/c1-3-4-5-6-7-8-9-10-11(2)15-16(12,13)14/h11H,3-10H2,1-2H3,(H2,12,13,14). The van der Waals surface area contributed by atoms with Gasteiger partial charge in [0.05, 0.1) is 6.10 Å². The molecule has 0 aromatic heterocycles. The van der Waals surface area contributed by atoms with Crippen LogP contribution in [0.25, 0.3) is 0 Å². The minimum atomic E-state index is -4.29. The number of hydrogen-bond acceptors (Lipinski definition) is 2. The predicted octanol–water partition coefficient (Wildman–Crippen LogP) is 3.62. The van der Waals surface area contributed by atoms with Gasteiger partial charge in [-0.2, -0.15) is 0 Å². The molecule has 5 heteroatoms. The van der Waals surface area contributed by atoms with Crippen molar-refractivity contribution in [3.8, 4) is 0 Å². The fraction of sp³-hybridized carbons (Fsp3) is 1.00. The van der Waals surface area contributed by atoms with Crippen LogP contribution < -0.4 is 0 Å². The van der Waals surface area contributed by atoms with E-state index in [9.17, 15) is 4.57 Å². The van der Waals surface area contributed by atoms with Gasteiger partial charge in [-0.1, -0.05) is 51.9 Å². The molecule has 0 aromatic carbocycles. The highest BCUT2D eigenvalue weighted by Crippen LogP contribution is 2.38. The number of hydrogen-bond donors (Lipinski definition) is 2. The van der Waals surface area contributed by atoms with Crippen LogP contribution in [0.2, 0.25) is 0 Å². The van der Waals surface area contributed by atoms with Crippen molar-refractivity contribution in [1.29, 1.82) is 0 Å². The van der Waals surface area contributed by atoms with E-state index in [2.05, 4.69) is 11.4 Å². The van der Waals surface area contributed by atoms with Gasteiger partial charge in [0, 0.05) is 0 Å². The Morgan fingerprint density at radius 3 is 2.06 bits per heavy atom. The smallest absolute Gasteiger partial charge is 0.303 e. The van der Waals surface area contributed by atoms with Gasteiger partial charge >= 0.3 is 7.82 Å². The van der Waals surface area contributed by atoms with E-state index in [-0.39, 0.29) is 6.10 Å². The largest absolute Gasteiger partial charge is 0.469 e. The van der Waals surface area contributed by atoms with Crippen molar-refractivity contribution in [2.24, 2.45) is 0 Å². The van der Waals surface area contributed by atoms with E-state index in [1.54, 1.807) is 6.92 Å². The SMILES string of the molecule is CCCCCCCCCC(C)OP(=O)(O)O. The molecule has 16 heavy (non-hydrogen) atoms. The van der Waals surface area contributed by atoms with Crippen molar-refractivity contribution in [3.63, 3.8) is 0 Å². The van der Waals surface area contributed by atoms with Crippen LogP contribution in [-0.4, -0.2) is 15.9 Å². The Morgan fingerprint density at radius 2 is 1.56 bits per heavy atom. The monoisotopic (exact) mass is 252 g/mol. The highest BCUT2D eigenvalue weighted by molar-refractivity contribution is 7.46. The molecule has 0 amide bonds. The van der Waals surface area contributed by atoms with E-state index in [0.717, 1.165) is 19.3 Å². The van der Waals surface area contributed by atoms with Crippen LogP contribution >= 0.6 is 7.82 Å². The van der Waals surface area contributed by atoms with Crippen molar-refractivity contribution in [2.45, 2.75) is 71.3 Å². The highest BCUT2D eigenvalue weighted by atomic mass is 31.2. The van der Waals surface area contributed by atoms with Gasteiger partial charge < -0.3 is 9.79 Å². The Hall–Kier alpha value is 0.110. The van der Waals surface area contributed by atoms with Gasteiger partial charge in [-0.05, 0) is 13.3 Å². The van der Waals surface area contributed by atoms with Gasteiger partial charge in [-0.25, -0.2) is 4.57 Å². The van der Waals surface area contributed by atoms with Crippen molar-refractivity contribution in [2.75, 3.05) is 0 Å². The van der Waals surface area contributed by atoms with Gasteiger partial charge in [0.25, 0.3) is 0 Å². The van der Waals surface area contributed by atoms with Crippen molar-refractivity contribution < 1.29 is 18.9 Å². The third-order valence-electron chi connectivity index (χ3n) is 2.53. The molecular weight excluding hydrogens is 227 g/mol. The second-order valence-corrected chi connectivity index (χ2v) is 5.51. The molecule has 0 radical (unpaired) electrons. The number of phosphoric acid groups is 1. The first-order valence-electron chi connectivity index (χ1n) is 6.19. The maximum absolute atomic E-state index is 10.5. The molecule has 0 fully saturated rings. The van der Waals surface area contributed by atoms with Gasteiger partial charge in [0.2, 0.25) is 0 Å². The lowest BCUT2D eigenvalue weighted by Gasteiger charge is -2.12. The van der Waals surface area contributed by atoms with Gasteiger partial charge in [0.1, 0.15) is 0 Å². The summed E-state index contributed by atoms with van der Waals surface area (Å²) in [4.78, 5) is 17.2.